The molecule has 6 aliphatic rings. The zero-order valence-corrected chi connectivity index (χ0v) is 57.7. The average Bonchev–Trinajstić information content (AvgIpc) is 1.60. The monoisotopic (exact) mass is 1330 g/mol. The molecule has 4 amide bonds. The first-order valence-corrected chi connectivity index (χ1v) is 34.8. The molecular weight excluding hydrogens is 1240 g/mol. The molecule has 512 valence electrons. The Morgan fingerprint density at radius 1 is 0.398 bits per heavy atom. The standard InChI is InChI=1S/C18H24BN5O2.C17H22BN5O2.C16H22BN5O2.C15H20BN5O2/c1-11-14-16(24(22-11)13-7-3-2-4-8-13)20-15(21-17(14)25)12-6-5-9-23(10-12)18(19)26;18-17(25)22-8-4-5-11(10-22)14-20-15-13(16(24)21-14)9-19-23(15)12-6-2-1-3-7-12;1-9-11-13(22(20-9)16(2,3)4)18-12(19-14(11)23)10-6-5-7-21(8-10)15(17)24;1-15(2,3)21-12-10(7-17-21)13(22)19-11(18-12)9-5-4-6-20(8-9)14(16)23/h12-13H,2-10H2,1H3,(H,20,21,25);9,11-12H,1-8,10H2,(H,20,21,24);10H,5-8H2,1-4H3,(H,18,19,23);7,9H,4-6,8H2,1-3H3,(H,18,19,22). The first-order chi connectivity index (χ1) is 46.6. The molecule has 32 heteroatoms. The molecule has 8 aromatic rings. The minimum atomic E-state index is -0.433. The van der Waals surface area contributed by atoms with Crippen molar-refractivity contribution in [1.82, 2.24) is 98.6 Å². The number of aromatic amines is 4. The maximum Gasteiger partial charge on any atom is 0.262 e. The van der Waals surface area contributed by atoms with Gasteiger partial charge in [-0.15, -0.1) is 0 Å². The zero-order chi connectivity index (χ0) is 70.1. The van der Waals surface area contributed by atoms with Crippen molar-refractivity contribution in [3.05, 3.63) is 88.5 Å². The van der Waals surface area contributed by atoms with Gasteiger partial charge in [-0.1, -0.05) is 38.5 Å². The van der Waals surface area contributed by atoms with Crippen LogP contribution in [0, 0.1) is 13.8 Å². The van der Waals surface area contributed by atoms with Crippen LogP contribution in [0.15, 0.2) is 31.6 Å². The molecule has 2 aliphatic carbocycles. The lowest BCUT2D eigenvalue weighted by molar-refractivity contribution is 0.200. The normalized spacial score (nSPS) is 20.7. The third-order valence-corrected chi connectivity index (χ3v) is 20.0. The SMILES string of the molecule is [B]C(=O)N1CCCC(c2nc3c(c(C)nn3C(C)(C)C)c(=O)[nH]2)C1.[B]C(=O)N1CCCC(c2nc3c(c(C)nn3C3CCCCC3)c(=O)[nH]2)C1.[B]C(=O)N1CCCC(c2nc3c(cnn3C(C)(C)C)c(=O)[nH]2)C1.[B]C(=O)N1CCCC(c2nc3c(cnn3C3CCCCC3)c(=O)[nH]2)C1. The van der Waals surface area contributed by atoms with Crippen molar-refractivity contribution in [2.45, 2.75) is 218 Å². The summed E-state index contributed by atoms with van der Waals surface area (Å²) in [4.78, 5) is 133. The van der Waals surface area contributed by atoms with Gasteiger partial charge >= 0.3 is 0 Å². The first kappa shape index (κ1) is 70.8. The molecule has 4 atom stereocenters. The largest absolute Gasteiger partial charge is 0.352 e. The van der Waals surface area contributed by atoms with Crippen molar-refractivity contribution in [2.24, 2.45) is 0 Å². The molecule has 14 rings (SSSR count). The summed E-state index contributed by atoms with van der Waals surface area (Å²) >= 11 is 0. The maximum atomic E-state index is 12.7. The van der Waals surface area contributed by atoms with Gasteiger partial charge in [0.2, 0.25) is 31.4 Å². The highest BCUT2D eigenvalue weighted by atomic mass is 16.2. The number of hydrogen-bond acceptors (Lipinski definition) is 16. The molecule has 8 radical (unpaired) electrons. The van der Waals surface area contributed by atoms with Crippen LogP contribution in [0.3, 0.4) is 0 Å². The summed E-state index contributed by atoms with van der Waals surface area (Å²) in [7, 11) is 21.6. The molecule has 0 bridgehead atoms. The van der Waals surface area contributed by atoms with Crippen LogP contribution >= 0.6 is 0 Å². The van der Waals surface area contributed by atoms with Crippen LogP contribution in [0.2, 0.25) is 0 Å². The zero-order valence-electron chi connectivity index (χ0n) is 57.7. The Bertz CT molecular complexity index is 4500. The predicted octanol–water partition coefficient (Wildman–Crippen LogP) is 7.49. The van der Waals surface area contributed by atoms with E-state index in [2.05, 4.69) is 45.3 Å². The first-order valence-electron chi connectivity index (χ1n) is 34.8. The number of hydrogen-bond donors (Lipinski definition) is 4. The number of aryl methyl sites for hydroxylation is 2. The van der Waals surface area contributed by atoms with E-state index < -0.39 is 23.2 Å². The Labute approximate surface area is 572 Å². The van der Waals surface area contributed by atoms with E-state index in [1.165, 1.54) is 38.5 Å². The highest BCUT2D eigenvalue weighted by Crippen LogP contribution is 2.35. The highest BCUT2D eigenvalue weighted by molar-refractivity contribution is 6.57. The Morgan fingerprint density at radius 2 is 0.735 bits per heavy atom. The van der Waals surface area contributed by atoms with E-state index in [1.807, 2.05) is 64.8 Å². The minimum Gasteiger partial charge on any atom is -0.352 e. The molecule has 8 aromatic heterocycles. The third-order valence-electron chi connectivity index (χ3n) is 20.0. The fourth-order valence-electron chi connectivity index (χ4n) is 14.8. The van der Waals surface area contributed by atoms with Crippen LogP contribution in [0.25, 0.3) is 44.1 Å². The van der Waals surface area contributed by atoms with Crippen molar-refractivity contribution in [3.8, 4) is 0 Å². The highest BCUT2D eigenvalue weighted by Gasteiger charge is 2.33. The van der Waals surface area contributed by atoms with E-state index >= 15 is 0 Å². The number of H-pyrrole nitrogens is 4. The Morgan fingerprint density at radius 3 is 1.14 bits per heavy atom. The van der Waals surface area contributed by atoms with E-state index in [-0.39, 0.29) is 57.0 Å². The summed E-state index contributed by atoms with van der Waals surface area (Å²) in [6.07, 6.45) is 21.7. The lowest BCUT2D eigenvalue weighted by atomic mass is 9.94. The van der Waals surface area contributed by atoms with Crippen LogP contribution in [-0.2, 0) is 11.1 Å². The fraction of sp³-hybridized carbons (Fsp3) is 0.636. The molecule has 2 saturated carbocycles. The number of carbonyl (C=O) groups excluding carboxylic acids is 4. The summed E-state index contributed by atoms with van der Waals surface area (Å²) in [6.45, 7) is 20.4. The maximum absolute atomic E-state index is 12.7. The smallest absolute Gasteiger partial charge is 0.262 e. The number of piperidine rings is 4. The van der Waals surface area contributed by atoms with Gasteiger partial charge in [0.15, 0.2) is 45.8 Å². The van der Waals surface area contributed by atoms with Gasteiger partial charge in [-0.25, -0.2) is 38.7 Å². The van der Waals surface area contributed by atoms with E-state index in [9.17, 15) is 38.4 Å². The predicted molar refractivity (Wildman–Crippen MR) is 375 cm³/mol. The molecule has 28 nitrogen and oxygen atoms in total. The Hall–Kier alpha value is -8.46. The summed E-state index contributed by atoms with van der Waals surface area (Å²) in [5.74, 6) is 0.757. The van der Waals surface area contributed by atoms with Gasteiger partial charge in [-0.05, 0) is 132 Å². The van der Waals surface area contributed by atoms with Crippen LogP contribution in [0.4, 0.5) is 19.2 Å². The summed E-state index contributed by atoms with van der Waals surface area (Å²) in [6, 6.07) is 0.637. The molecule has 4 unspecified atom stereocenters. The summed E-state index contributed by atoms with van der Waals surface area (Å²) in [5, 5.41) is 20.0. The molecule has 6 fully saturated rings. The van der Waals surface area contributed by atoms with E-state index in [0.717, 1.165) is 82.7 Å². The number of fused-ring (bicyclic) bond motifs is 4. The van der Waals surface area contributed by atoms with Crippen molar-refractivity contribution in [1.29, 1.82) is 0 Å². The van der Waals surface area contributed by atoms with Crippen LogP contribution in [0.1, 0.15) is 228 Å². The van der Waals surface area contributed by atoms with Crippen molar-refractivity contribution >= 4 is 98.7 Å². The topological polar surface area (TPSA) is 336 Å². The van der Waals surface area contributed by atoms with Gasteiger partial charge in [-0.2, -0.15) is 20.4 Å². The van der Waals surface area contributed by atoms with Gasteiger partial charge < -0.3 is 39.5 Å². The van der Waals surface area contributed by atoms with E-state index in [0.29, 0.717) is 138 Å². The van der Waals surface area contributed by atoms with Crippen LogP contribution in [0.5, 0.6) is 0 Å². The van der Waals surface area contributed by atoms with Crippen molar-refractivity contribution in [2.75, 3.05) is 52.4 Å². The van der Waals surface area contributed by atoms with Gasteiger partial charge in [0.05, 0.1) is 46.9 Å². The lowest BCUT2D eigenvalue weighted by Crippen LogP contribution is -2.39. The second kappa shape index (κ2) is 29.5. The molecule has 4 aliphatic heterocycles. The fourth-order valence-corrected chi connectivity index (χ4v) is 14.8. The van der Waals surface area contributed by atoms with Crippen LogP contribution < -0.4 is 22.2 Å². The number of nitrogens with one attached hydrogen (secondary N) is 4. The van der Waals surface area contributed by atoms with Gasteiger partial charge in [0, 0.05) is 76.0 Å². The lowest BCUT2D eigenvalue weighted by Gasteiger charge is -2.32. The second-order valence-electron chi connectivity index (χ2n) is 29.3. The molecule has 4 saturated heterocycles. The van der Waals surface area contributed by atoms with Gasteiger partial charge in [0.1, 0.15) is 44.8 Å². The number of carbonyl (C=O) groups is 4. The second-order valence-corrected chi connectivity index (χ2v) is 29.3. The number of rotatable bonds is 6. The number of likely N-dealkylation sites (tertiary alicyclic amines) is 4. The van der Waals surface area contributed by atoms with Gasteiger partial charge in [-0.3, -0.25) is 38.4 Å². The summed E-state index contributed by atoms with van der Waals surface area (Å²) in [5.41, 5.74) is 2.70. The number of amides is 4. The average molecular weight is 1330 g/mol. The summed E-state index contributed by atoms with van der Waals surface area (Å²) < 4.78 is 7.46. The van der Waals surface area contributed by atoms with Crippen LogP contribution in [-0.4, -0.2) is 206 Å². The van der Waals surface area contributed by atoms with Crippen molar-refractivity contribution < 1.29 is 19.2 Å². The van der Waals surface area contributed by atoms with Crippen molar-refractivity contribution in [3.63, 3.8) is 0 Å². The number of nitrogens with zero attached hydrogens (tertiary/aromatic N) is 16. The molecule has 0 spiro atoms. The molecule has 12 heterocycles. The van der Waals surface area contributed by atoms with Gasteiger partial charge in [0.25, 0.3) is 22.2 Å². The quantitative estimate of drug-likeness (QED) is 0.117. The molecule has 0 aromatic carbocycles. The Kier molecular flexibility index (Phi) is 21.4. The van der Waals surface area contributed by atoms with E-state index in [1.54, 1.807) is 41.4 Å². The number of aromatic nitrogens is 16. The molecule has 98 heavy (non-hydrogen) atoms. The molecule has 4 N–H and O–H groups in total. The molecular formula is C66H88B4N20O8. The van der Waals surface area contributed by atoms with E-state index in [4.69, 9.17) is 46.3 Å². The third kappa shape index (κ3) is 15.5. The minimum absolute atomic E-state index is 0.00311. The Balaban J connectivity index is 0.000000132.